The van der Waals surface area contributed by atoms with E-state index in [1.807, 2.05) is 32.2 Å². The van der Waals surface area contributed by atoms with E-state index in [0.29, 0.717) is 17.0 Å². The van der Waals surface area contributed by atoms with Crippen molar-refractivity contribution in [3.05, 3.63) is 83.6 Å². The van der Waals surface area contributed by atoms with Crippen molar-refractivity contribution in [2.45, 2.75) is 44.8 Å². The number of carbonyl (C=O) groups excluding carboxylic acids is 1. The Morgan fingerprint density at radius 3 is 2.23 bits per heavy atom. The molecule has 1 aliphatic rings. The number of pyridine rings is 1. The first-order valence-electron chi connectivity index (χ1n) is 10.6. The number of hydrogen-bond donors (Lipinski definition) is 1. The highest BCUT2D eigenvalue weighted by Gasteiger charge is 2.40. The van der Waals surface area contributed by atoms with Crippen molar-refractivity contribution in [3.63, 3.8) is 0 Å². The lowest BCUT2D eigenvalue weighted by Gasteiger charge is -2.43. The van der Waals surface area contributed by atoms with Gasteiger partial charge in [0.1, 0.15) is 0 Å². The summed E-state index contributed by atoms with van der Waals surface area (Å²) >= 11 is 0. The molecule has 1 aromatic heterocycles. The highest BCUT2D eigenvalue weighted by Crippen LogP contribution is 2.42. The number of aromatic nitrogens is 1. The fraction of sp³-hybridized carbons (Fsp3) is 0.269. The maximum Gasteiger partial charge on any atom is 0.251 e. The molecule has 31 heavy (non-hydrogen) atoms. The number of nitrogens with one attached hydrogen (secondary N) is 1. The third-order valence-electron chi connectivity index (χ3n) is 5.70. The van der Waals surface area contributed by atoms with Crippen LogP contribution in [-0.4, -0.2) is 17.0 Å². The van der Waals surface area contributed by atoms with E-state index >= 15 is 0 Å². The molecule has 1 fully saturated rings. The zero-order valence-corrected chi connectivity index (χ0v) is 17.8. The third-order valence-corrected chi connectivity index (χ3v) is 5.70. The van der Waals surface area contributed by atoms with Gasteiger partial charge in [-0.25, -0.2) is 4.98 Å². The molecule has 1 aliphatic carbocycles. The Balaban J connectivity index is 1.50. The molecule has 0 spiro atoms. The van der Waals surface area contributed by atoms with Crippen molar-refractivity contribution in [2.24, 2.45) is 0 Å². The van der Waals surface area contributed by atoms with Crippen molar-refractivity contribution in [3.8, 4) is 23.1 Å². The van der Waals surface area contributed by atoms with Crippen LogP contribution < -0.4 is 10.1 Å². The molecule has 1 amide bonds. The number of benzene rings is 2. The van der Waals surface area contributed by atoms with E-state index in [-0.39, 0.29) is 17.6 Å². The normalized spacial score (nSPS) is 14.4. The van der Waals surface area contributed by atoms with Crippen LogP contribution in [0.3, 0.4) is 0 Å². The van der Waals surface area contributed by atoms with Crippen LogP contribution in [0.15, 0.2) is 66.9 Å². The van der Waals surface area contributed by atoms with Crippen molar-refractivity contribution in [1.82, 2.24) is 10.3 Å². The van der Waals surface area contributed by atoms with Crippen LogP contribution in [0.4, 0.5) is 0 Å². The Hall–Kier alpha value is -3.65. The largest absolute Gasteiger partial charge is 0.475 e. The van der Waals surface area contributed by atoms with Gasteiger partial charge in [-0.2, -0.15) is 5.26 Å². The number of ether oxygens (including phenoxy) is 1. The van der Waals surface area contributed by atoms with Crippen LogP contribution in [0.25, 0.3) is 11.1 Å². The first-order chi connectivity index (χ1) is 15.0. The molecule has 1 N–H and O–H groups in total. The molecule has 0 saturated heterocycles. The summed E-state index contributed by atoms with van der Waals surface area (Å²) in [6.07, 6.45) is 4.82. The van der Waals surface area contributed by atoms with Gasteiger partial charge < -0.3 is 10.1 Å². The molecule has 3 aromatic rings. The lowest BCUT2D eigenvalue weighted by molar-refractivity contribution is 0.0823. The summed E-state index contributed by atoms with van der Waals surface area (Å²) in [6.45, 7) is 3.95. The maximum absolute atomic E-state index is 12.8. The number of nitriles is 1. The summed E-state index contributed by atoms with van der Waals surface area (Å²) in [5, 5.41) is 12.2. The topological polar surface area (TPSA) is 75.0 Å². The Bertz CT molecular complexity index is 1090. The average molecular weight is 412 g/mol. The Morgan fingerprint density at radius 1 is 1.03 bits per heavy atom. The van der Waals surface area contributed by atoms with E-state index in [4.69, 9.17) is 10.00 Å². The lowest BCUT2D eigenvalue weighted by Crippen LogP contribution is -2.50. The van der Waals surface area contributed by atoms with Crippen molar-refractivity contribution in [2.75, 3.05) is 0 Å². The summed E-state index contributed by atoms with van der Waals surface area (Å²) in [6, 6.07) is 21.0. The van der Waals surface area contributed by atoms with Crippen LogP contribution in [0, 0.1) is 11.3 Å². The highest BCUT2D eigenvalue weighted by molar-refractivity contribution is 5.95. The van der Waals surface area contributed by atoms with E-state index in [0.717, 1.165) is 36.0 Å². The quantitative estimate of drug-likeness (QED) is 0.604. The van der Waals surface area contributed by atoms with E-state index < -0.39 is 0 Å². The predicted octanol–water partition coefficient (Wildman–Crippen LogP) is 5.22. The number of hydrogen-bond acceptors (Lipinski definition) is 4. The van der Waals surface area contributed by atoms with Crippen LogP contribution in [-0.2, 0) is 5.54 Å². The standard InChI is InChI=1S/C26H25N3O2/c1-18(2)31-24-13-10-22(17-28-24)20-8-11-23(12-9-20)26(14-3-15-26)29-25(30)21-6-4-19(16-27)5-7-21/h4-13,17-18H,3,14-15H2,1-2H3,(H,29,30). The number of rotatable bonds is 6. The second kappa shape index (κ2) is 8.61. The van der Waals surface area contributed by atoms with E-state index in [1.54, 1.807) is 24.3 Å². The summed E-state index contributed by atoms with van der Waals surface area (Å²) in [5.41, 5.74) is 3.97. The molecule has 0 radical (unpaired) electrons. The first kappa shape index (κ1) is 20.6. The zero-order chi connectivity index (χ0) is 21.8. The SMILES string of the molecule is CC(C)Oc1ccc(-c2ccc(C3(NC(=O)c4ccc(C#N)cc4)CCC3)cc2)cn1. The van der Waals surface area contributed by atoms with E-state index in [2.05, 4.69) is 40.6 Å². The summed E-state index contributed by atoms with van der Waals surface area (Å²) in [5.74, 6) is 0.507. The second-order valence-corrected chi connectivity index (χ2v) is 8.21. The van der Waals surface area contributed by atoms with Gasteiger partial charge in [0.2, 0.25) is 5.88 Å². The molecule has 156 valence electrons. The monoisotopic (exact) mass is 411 g/mol. The van der Waals surface area contributed by atoms with Crippen molar-refractivity contribution in [1.29, 1.82) is 5.26 Å². The third kappa shape index (κ3) is 4.44. The number of carbonyl (C=O) groups is 1. The zero-order valence-electron chi connectivity index (χ0n) is 17.8. The van der Waals surface area contributed by atoms with Crippen LogP contribution in [0.2, 0.25) is 0 Å². The fourth-order valence-corrected chi connectivity index (χ4v) is 3.85. The molecule has 1 heterocycles. The molecule has 5 nitrogen and oxygen atoms in total. The fourth-order valence-electron chi connectivity index (χ4n) is 3.85. The first-order valence-corrected chi connectivity index (χ1v) is 10.6. The van der Waals surface area contributed by atoms with Gasteiger partial charge in [-0.15, -0.1) is 0 Å². The summed E-state index contributed by atoms with van der Waals surface area (Å²) < 4.78 is 5.61. The Kier molecular flexibility index (Phi) is 5.73. The minimum Gasteiger partial charge on any atom is -0.475 e. The summed E-state index contributed by atoms with van der Waals surface area (Å²) in [4.78, 5) is 17.2. The van der Waals surface area contributed by atoms with Crippen LogP contribution in [0.5, 0.6) is 5.88 Å². The molecular weight excluding hydrogens is 386 g/mol. The van der Waals surface area contributed by atoms with Crippen LogP contribution in [0.1, 0.15) is 54.6 Å². The molecular formula is C26H25N3O2. The predicted molar refractivity (Wildman–Crippen MR) is 120 cm³/mol. The smallest absolute Gasteiger partial charge is 0.251 e. The molecule has 5 heteroatoms. The Morgan fingerprint density at radius 2 is 1.71 bits per heavy atom. The van der Waals surface area contributed by atoms with E-state index in [1.165, 1.54) is 0 Å². The van der Waals surface area contributed by atoms with Gasteiger partial charge in [0.15, 0.2) is 0 Å². The molecule has 0 unspecified atom stereocenters. The minimum absolute atomic E-state index is 0.0933. The van der Waals surface area contributed by atoms with Gasteiger partial charge in [-0.3, -0.25) is 4.79 Å². The van der Waals surface area contributed by atoms with E-state index in [9.17, 15) is 4.79 Å². The van der Waals surface area contributed by atoms with Crippen molar-refractivity contribution >= 4 is 5.91 Å². The molecule has 1 saturated carbocycles. The number of nitrogens with zero attached hydrogens (tertiary/aromatic N) is 2. The van der Waals surface area contributed by atoms with Gasteiger partial charge in [-0.1, -0.05) is 24.3 Å². The Labute approximate surface area is 182 Å². The maximum atomic E-state index is 12.8. The van der Waals surface area contributed by atoms with Gasteiger partial charge in [0.05, 0.1) is 23.3 Å². The summed E-state index contributed by atoms with van der Waals surface area (Å²) in [7, 11) is 0. The van der Waals surface area contributed by atoms with Crippen molar-refractivity contribution < 1.29 is 9.53 Å². The molecule has 0 atom stereocenters. The molecule has 0 aliphatic heterocycles. The van der Waals surface area contributed by atoms with Crippen LogP contribution >= 0.6 is 0 Å². The van der Waals surface area contributed by atoms with Gasteiger partial charge in [-0.05, 0) is 74.6 Å². The van der Waals surface area contributed by atoms with Gasteiger partial charge >= 0.3 is 0 Å². The molecule has 0 bridgehead atoms. The minimum atomic E-state index is -0.337. The van der Waals surface area contributed by atoms with Gasteiger partial charge in [0, 0.05) is 23.4 Å². The number of amides is 1. The second-order valence-electron chi connectivity index (χ2n) is 8.21. The lowest BCUT2D eigenvalue weighted by atomic mass is 9.71. The molecule has 4 rings (SSSR count). The molecule has 2 aromatic carbocycles. The van der Waals surface area contributed by atoms with Gasteiger partial charge in [0.25, 0.3) is 5.91 Å². The highest BCUT2D eigenvalue weighted by atomic mass is 16.5. The average Bonchev–Trinajstić information content (AvgIpc) is 2.76.